The quantitative estimate of drug-likeness (QED) is 0.518. The highest BCUT2D eigenvalue weighted by atomic mass is 35.7. The minimum Gasteiger partial charge on any atom is -0.457 e. The van der Waals surface area contributed by atoms with Gasteiger partial charge in [0, 0.05) is 31.9 Å². The van der Waals surface area contributed by atoms with Gasteiger partial charge in [-0.2, -0.15) is 0 Å². The van der Waals surface area contributed by atoms with Crippen molar-refractivity contribution >= 4 is 11.3 Å². The van der Waals surface area contributed by atoms with Crippen LogP contribution in [0.15, 0.2) is 90.3 Å². The van der Waals surface area contributed by atoms with E-state index < -0.39 is 15.8 Å². The van der Waals surface area contributed by atoms with E-state index in [0.717, 1.165) is 28.2 Å². The zero-order valence-electron chi connectivity index (χ0n) is 19.3. The van der Waals surface area contributed by atoms with Crippen LogP contribution in [0, 0.1) is 10.2 Å². The summed E-state index contributed by atoms with van der Waals surface area (Å²) in [4.78, 5) is 0. The molecule has 1 aromatic rings. The number of benzene rings is 1. The molecule has 4 rings (SSSR count). The minimum absolute atomic E-state index is 0.286. The third kappa shape index (κ3) is 5.81. The van der Waals surface area contributed by atoms with E-state index in [0.29, 0.717) is 5.76 Å². The number of halogens is 1. The third-order valence-corrected chi connectivity index (χ3v) is 5.51. The van der Waals surface area contributed by atoms with E-state index in [-0.39, 0.29) is 6.10 Å². The van der Waals surface area contributed by atoms with E-state index in [1.54, 1.807) is 14.2 Å². The second kappa shape index (κ2) is 10.6. The van der Waals surface area contributed by atoms with Gasteiger partial charge in [-0.1, -0.05) is 36.4 Å². The first-order chi connectivity index (χ1) is 16.1. The van der Waals surface area contributed by atoms with Crippen LogP contribution in [0.2, 0.25) is 0 Å². The van der Waals surface area contributed by atoms with E-state index in [1.165, 1.54) is 0 Å². The molecule has 0 saturated carbocycles. The molecule has 2 unspecified atom stereocenters. The number of allylic oxidation sites excluding steroid dienone is 9. The fourth-order valence-electron chi connectivity index (χ4n) is 3.87. The monoisotopic (exact) mass is 487 g/mol. The Hall–Kier alpha value is -2.82. The Morgan fingerprint density at radius 3 is 2.21 bits per heavy atom. The van der Waals surface area contributed by atoms with E-state index in [1.807, 2.05) is 56.6 Å². The summed E-state index contributed by atoms with van der Waals surface area (Å²) in [5, 5.41) is 0. The summed E-state index contributed by atoms with van der Waals surface area (Å²) in [6, 6.07) is 8.09. The summed E-state index contributed by atoms with van der Waals surface area (Å²) in [6.45, 7) is 0. The van der Waals surface area contributed by atoms with Crippen LogP contribution in [-0.2, 0) is 9.47 Å². The topological polar surface area (TPSA) is 123 Å². The summed E-state index contributed by atoms with van der Waals surface area (Å²) in [5.41, 5.74) is 3.61. The maximum absolute atomic E-state index is 8.49. The van der Waals surface area contributed by atoms with Gasteiger partial charge >= 0.3 is 0 Å². The van der Waals surface area contributed by atoms with Gasteiger partial charge in [-0.05, 0) is 41.5 Å². The Kier molecular flexibility index (Phi) is 8.06. The number of fused-ring (bicyclic) bond motifs is 1. The molecule has 0 saturated heterocycles. The molecule has 0 amide bonds. The maximum Gasteiger partial charge on any atom is 0.199 e. The Morgan fingerprint density at radius 2 is 1.62 bits per heavy atom. The van der Waals surface area contributed by atoms with E-state index in [2.05, 4.69) is 41.0 Å². The molecular formula is C25H26ClNO7. The first kappa shape index (κ1) is 25.8. The lowest BCUT2D eigenvalue weighted by molar-refractivity contribution is -2.00. The van der Waals surface area contributed by atoms with Crippen molar-refractivity contribution in [3.8, 4) is 5.75 Å². The lowest BCUT2D eigenvalue weighted by Crippen LogP contribution is -2.68. The molecule has 0 N–H and O–H groups in total. The molecule has 2 atom stereocenters. The van der Waals surface area contributed by atoms with Gasteiger partial charge < -0.3 is 14.2 Å². The first-order valence-electron chi connectivity index (χ1n) is 10.3. The van der Waals surface area contributed by atoms with Gasteiger partial charge in [0.2, 0.25) is 0 Å². The first-order valence-corrected chi connectivity index (χ1v) is 11.5. The number of para-hydroxylation sites is 1. The maximum atomic E-state index is 8.49. The molecule has 3 aliphatic rings. The Labute approximate surface area is 200 Å². The average Bonchev–Trinajstić information content (AvgIpc) is 2.82. The second-order valence-electron chi connectivity index (χ2n) is 7.74. The van der Waals surface area contributed by atoms with Gasteiger partial charge in [0.25, 0.3) is 0 Å². The molecule has 1 aromatic carbocycles. The molecule has 8 nitrogen and oxygen atoms in total. The van der Waals surface area contributed by atoms with Crippen molar-refractivity contribution in [1.29, 1.82) is 0 Å². The van der Waals surface area contributed by atoms with E-state index in [9.17, 15) is 0 Å². The number of ether oxygens (including phenoxy) is 3. The van der Waals surface area contributed by atoms with Crippen LogP contribution in [-0.4, -0.2) is 50.3 Å². The Bertz CT molecular complexity index is 1110. The number of hydrogen-bond donors (Lipinski definition) is 0. The summed E-state index contributed by atoms with van der Waals surface area (Å²) in [6.07, 6.45) is 18.2. The van der Waals surface area contributed by atoms with Crippen LogP contribution in [0.4, 0.5) is 0 Å². The summed E-state index contributed by atoms with van der Waals surface area (Å²) in [7, 11) is 2.51. The van der Waals surface area contributed by atoms with Crippen LogP contribution in [0.5, 0.6) is 5.75 Å². The minimum atomic E-state index is -4.94. The van der Waals surface area contributed by atoms with E-state index >= 15 is 0 Å². The Morgan fingerprint density at radius 1 is 0.971 bits per heavy atom. The van der Waals surface area contributed by atoms with Crippen molar-refractivity contribution in [2.75, 3.05) is 28.3 Å². The van der Waals surface area contributed by atoms with Gasteiger partial charge in [-0.15, -0.1) is 10.2 Å². The van der Waals surface area contributed by atoms with Crippen molar-refractivity contribution in [1.82, 2.24) is 0 Å². The van der Waals surface area contributed by atoms with Gasteiger partial charge in [-0.25, -0.2) is 23.2 Å². The van der Waals surface area contributed by atoms with Crippen molar-refractivity contribution in [2.45, 2.75) is 11.7 Å². The summed E-state index contributed by atoms with van der Waals surface area (Å²) < 4.78 is 54.1. The molecule has 180 valence electrons. The zero-order valence-corrected chi connectivity index (χ0v) is 20.0. The predicted molar refractivity (Wildman–Crippen MR) is 116 cm³/mol. The molecule has 9 heteroatoms. The molecule has 1 heterocycles. The summed E-state index contributed by atoms with van der Waals surface area (Å²) >= 11 is 0. The molecule has 0 fully saturated rings. The van der Waals surface area contributed by atoms with Crippen LogP contribution < -0.4 is 23.4 Å². The molecule has 1 aliphatic heterocycles. The lowest BCUT2D eigenvalue weighted by atomic mass is 9.85. The molecule has 0 aromatic heterocycles. The molecule has 0 spiro atoms. The van der Waals surface area contributed by atoms with Gasteiger partial charge in [-0.3, -0.25) is 0 Å². The normalized spacial score (nSPS) is 23.1. The predicted octanol–water partition coefficient (Wildman–Crippen LogP) is -0.674. The highest BCUT2D eigenvalue weighted by Gasteiger charge is 2.44. The number of methoxy groups -OCH3 is 2. The average molecular weight is 488 g/mol. The standard InChI is InChI=1S/C25H26NO3.ClHO4/c1-26(2)19-14-12-18(13-15-19)21-17-24(29-22-10-6-5-9-20(21)22)25(28-4)16-8-7-11-23(25)27-3;2-1(3,4)5/h5-17,23H,1-4H3;(H,2,3,4,5)/q+1;/p-1. The van der Waals surface area contributed by atoms with Crippen LogP contribution in [0.1, 0.15) is 5.56 Å². The lowest BCUT2D eigenvalue weighted by Gasteiger charge is -2.39. The number of nitrogens with zero attached hydrogens (tertiary/aromatic N) is 1. The highest BCUT2D eigenvalue weighted by molar-refractivity contribution is 6.03. The van der Waals surface area contributed by atoms with E-state index in [4.69, 9.17) is 32.8 Å². The molecule has 0 radical (unpaired) electrons. The molecule has 0 bridgehead atoms. The van der Waals surface area contributed by atoms with Crippen LogP contribution >= 0.6 is 0 Å². The van der Waals surface area contributed by atoms with Crippen molar-refractivity contribution in [2.24, 2.45) is 0 Å². The third-order valence-electron chi connectivity index (χ3n) is 5.51. The van der Waals surface area contributed by atoms with Crippen LogP contribution in [0.25, 0.3) is 5.57 Å². The summed E-state index contributed by atoms with van der Waals surface area (Å²) in [5.74, 6) is 1.52. The number of rotatable bonds is 3. The number of hydrogen-bond acceptors (Lipinski definition) is 7. The Balaban J connectivity index is 0.000000588. The smallest absolute Gasteiger partial charge is 0.199 e. The van der Waals surface area contributed by atoms with Crippen LogP contribution in [0.3, 0.4) is 0 Å². The van der Waals surface area contributed by atoms with Crippen molar-refractivity contribution in [3.63, 3.8) is 0 Å². The highest BCUT2D eigenvalue weighted by Crippen LogP contribution is 2.42. The zero-order chi connectivity index (χ0) is 24.9. The molecular weight excluding hydrogens is 462 g/mol. The SMILES string of the molecule is COC1C=CC=CC1(OC)C1=CC(=C2C=CC(=[N+](C)C)C=C2)c2ccccc2O1.[O-][Cl+3]([O-])([O-])[O-]. The second-order valence-corrected chi connectivity index (χ2v) is 8.49. The molecule has 34 heavy (non-hydrogen) atoms. The fraction of sp³-hybridized carbons (Fsp3) is 0.240. The fourth-order valence-corrected chi connectivity index (χ4v) is 3.87. The van der Waals surface area contributed by atoms with Gasteiger partial charge in [0.1, 0.15) is 31.7 Å². The molecule has 2 aliphatic carbocycles. The van der Waals surface area contributed by atoms with Crippen molar-refractivity contribution in [3.05, 3.63) is 95.8 Å². The largest absolute Gasteiger partial charge is 0.457 e. The van der Waals surface area contributed by atoms with Gasteiger partial charge in [0.15, 0.2) is 11.3 Å². The van der Waals surface area contributed by atoms with Crippen molar-refractivity contribution < 1.29 is 47.7 Å². The van der Waals surface area contributed by atoms with Gasteiger partial charge in [0.05, 0.1) is 0 Å².